The number of hydrogen-bond donors (Lipinski definition) is 1. The normalized spacial score (nSPS) is 16.9. The quantitative estimate of drug-likeness (QED) is 0.483. The second-order valence-electron chi connectivity index (χ2n) is 11.2. The van der Waals surface area contributed by atoms with Gasteiger partial charge < -0.3 is 20.3 Å². The van der Waals surface area contributed by atoms with Gasteiger partial charge in [0, 0.05) is 44.0 Å². The maximum atomic E-state index is 6.37. The van der Waals surface area contributed by atoms with Crippen LogP contribution in [-0.2, 0) is 0 Å². The molecule has 0 aromatic heterocycles. The Kier molecular flexibility index (Phi) is 9.90. The van der Waals surface area contributed by atoms with Crippen LogP contribution in [0.3, 0.4) is 0 Å². The first-order valence-corrected chi connectivity index (χ1v) is 12.1. The van der Waals surface area contributed by atoms with E-state index in [-0.39, 0.29) is 5.41 Å². The van der Waals surface area contributed by atoms with Gasteiger partial charge in [0.05, 0.1) is 6.61 Å². The van der Waals surface area contributed by atoms with Gasteiger partial charge in [0.25, 0.3) is 0 Å². The maximum absolute atomic E-state index is 6.37. The number of nitrogens with two attached hydrogens (primary N) is 1. The number of nitrogens with zero attached hydrogens (tertiary/aromatic N) is 2. The predicted molar refractivity (Wildman–Crippen MR) is 135 cm³/mol. The Morgan fingerprint density at radius 2 is 1.77 bits per heavy atom. The van der Waals surface area contributed by atoms with E-state index < -0.39 is 0 Å². The van der Waals surface area contributed by atoms with E-state index in [1.807, 2.05) is 0 Å². The minimum atomic E-state index is 0.166. The summed E-state index contributed by atoms with van der Waals surface area (Å²) in [5, 5.41) is 0. The number of piperidine rings is 1. The molecule has 2 N–H and O–H groups in total. The van der Waals surface area contributed by atoms with Crippen molar-refractivity contribution < 1.29 is 4.74 Å². The number of likely N-dealkylation sites (tertiary alicyclic amines) is 1. The van der Waals surface area contributed by atoms with E-state index in [1.165, 1.54) is 24.1 Å². The van der Waals surface area contributed by atoms with Crippen LogP contribution in [0, 0.1) is 11.3 Å². The van der Waals surface area contributed by atoms with Crippen LogP contribution in [-0.4, -0.2) is 49.8 Å². The molecular weight excluding hydrogens is 382 g/mol. The zero-order valence-corrected chi connectivity index (χ0v) is 21.2. The molecule has 0 unspecified atom stereocenters. The van der Waals surface area contributed by atoms with Gasteiger partial charge in [-0.1, -0.05) is 46.3 Å². The summed E-state index contributed by atoms with van der Waals surface area (Å²) in [7, 11) is 0. The average molecular weight is 430 g/mol. The third-order valence-electron chi connectivity index (χ3n) is 5.80. The van der Waals surface area contributed by atoms with Crippen molar-refractivity contribution in [2.45, 2.75) is 79.8 Å². The molecule has 4 heteroatoms. The third-order valence-corrected chi connectivity index (χ3v) is 5.80. The fourth-order valence-corrected chi connectivity index (χ4v) is 4.21. The van der Waals surface area contributed by atoms with Crippen molar-refractivity contribution in [3.8, 4) is 5.75 Å². The van der Waals surface area contributed by atoms with Gasteiger partial charge in [-0.2, -0.15) is 0 Å². The van der Waals surface area contributed by atoms with Gasteiger partial charge in [0.2, 0.25) is 0 Å². The topological polar surface area (TPSA) is 41.7 Å². The molecule has 4 nitrogen and oxygen atoms in total. The Labute approximate surface area is 191 Å². The van der Waals surface area contributed by atoms with E-state index in [0.717, 1.165) is 45.0 Å². The summed E-state index contributed by atoms with van der Waals surface area (Å²) >= 11 is 0. The van der Waals surface area contributed by atoms with Gasteiger partial charge in [-0.05, 0) is 68.7 Å². The van der Waals surface area contributed by atoms with Crippen LogP contribution in [0.1, 0.15) is 67.7 Å². The zero-order chi connectivity index (χ0) is 23.0. The van der Waals surface area contributed by atoms with Crippen molar-refractivity contribution in [2.75, 3.05) is 37.7 Å². The van der Waals surface area contributed by atoms with Crippen LogP contribution >= 0.6 is 0 Å². The summed E-state index contributed by atoms with van der Waals surface area (Å²) in [5.41, 5.74) is 9.19. The van der Waals surface area contributed by atoms with E-state index in [9.17, 15) is 0 Å². The molecular formula is C27H47N3O. The standard InChI is InChI=1S/C27H47N3O/c1-21(2)12-17-30(24-8-10-26(11-9-24)31-20-27(5,6)7)25-13-15-29(16-14-25)19-23(28)18-22(3)4/h8-12,22-23,25H,13-20,28H2,1-7H3/t23-/m0/s1. The number of hydrogen-bond acceptors (Lipinski definition) is 4. The van der Waals surface area contributed by atoms with Gasteiger partial charge in [-0.3, -0.25) is 0 Å². The Bertz CT molecular complexity index is 663. The summed E-state index contributed by atoms with van der Waals surface area (Å²) < 4.78 is 5.98. The Balaban J connectivity index is 2.00. The van der Waals surface area contributed by atoms with Crippen molar-refractivity contribution in [1.29, 1.82) is 0 Å². The van der Waals surface area contributed by atoms with Crippen molar-refractivity contribution in [3.63, 3.8) is 0 Å². The molecule has 2 rings (SSSR count). The van der Waals surface area contributed by atoms with Gasteiger partial charge >= 0.3 is 0 Å². The Hall–Kier alpha value is -1.52. The molecule has 0 radical (unpaired) electrons. The number of benzene rings is 1. The van der Waals surface area contributed by atoms with Gasteiger partial charge in [0.15, 0.2) is 0 Å². The highest BCUT2D eigenvalue weighted by atomic mass is 16.5. The highest BCUT2D eigenvalue weighted by Gasteiger charge is 2.25. The number of allylic oxidation sites excluding steroid dienone is 1. The lowest BCUT2D eigenvalue weighted by molar-refractivity contribution is 0.193. The van der Waals surface area contributed by atoms with Gasteiger partial charge in [-0.25, -0.2) is 0 Å². The van der Waals surface area contributed by atoms with Gasteiger partial charge in [0.1, 0.15) is 5.75 Å². The predicted octanol–water partition coefficient (Wildman–Crippen LogP) is 5.72. The molecule has 0 bridgehead atoms. The second-order valence-corrected chi connectivity index (χ2v) is 11.2. The van der Waals surface area contributed by atoms with E-state index in [1.54, 1.807) is 0 Å². The van der Waals surface area contributed by atoms with E-state index in [4.69, 9.17) is 10.5 Å². The van der Waals surface area contributed by atoms with Crippen LogP contribution in [0.25, 0.3) is 0 Å². The van der Waals surface area contributed by atoms with Crippen LogP contribution in [0.15, 0.2) is 35.9 Å². The molecule has 0 amide bonds. The fraction of sp³-hybridized carbons (Fsp3) is 0.704. The molecule has 31 heavy (non-hydrogen) atoms. The Morgan fingerprint density at radius 1 is 1.16 bits per heavy atom. The molecule has 1 aromatic carbocycles. The minimum Gasteiger partial charge on any atom is -0.493 e. The average Bonchev–Trinajstić information content (AvgIpc) is 2.67. The van der Waals surface area contributed by atoms with Crippen LogP contribution in [0.4, 0.5) is 5.69 Å². The summed E-state index contributed by atoms with van der Waals surface area (Å²) in [6, 6.07) is 9.55. The molecule has 176 valence electrons. The van der Waals surface area contributed by atoms with Crippen molar-refractivity contribution >= 4 is 5.69 Å². The molecule has 1 aliphatic heterocycles. The van der Waals surface area contributed by atoms with Crippen molar-refractivity contribution in [3.05, 3.63) is 35.9 Å². The third kappa shape index (κ3) is 9.65. The lowest BCUT2D eigenvalue weighted by Crippen LogP contribution is -2.48. The van der Waals surface area contributed by atoms with Crippen molar-refractivity contribution in [1.82, 2.24) is 4.90 Å². The lowest BCUT2D eigenvalue weighted by atomic mass is 9.98. The number of rotatable bonds is 10. The molecule has 1 fully saturated rings. The second kappa shape index (κ2) is 11.9. The summed E-state index contributed by atoms with van der Waals surface area (Å²) in [4.78, 5) is 5.14. The first-order chi connectivity index (χ1) is 14.5. The van der Waals surface area contributed by atoms with Crippen LogP contribution < -0.4 is 15.4 Å². The molecule has 1 aliphatic rings. The molecule has 1 heterocycles. The first kappa shape index (κ1) is 25.7. The number of ether oxygens (including phenoxy) is 1. The van der Waals surface area contributed by atoms with Crippen molar-refractivity contribution in [2.24, 2.45) is 17.1 Å². The van der Waals surface area contributed by atoms with Crippen LogP contribution in [0.2, 0.25) is 0 Å². The maximum Gasteiger partial charge on any atom is 0.119 e. The van der Waals surface area contributed by atoms with E-state index >= 15 is 0 Å². The summed E-state index contributed by atoms with van der Waals surface area (Å²) in [6.07, 6.45) is 5.83. The number of anilines is 1. The van der Waals surface area contributed by atoms with Crippen LogP contribution in [0.5, 0.6) is 5.75 Å². The minimum absolute atomic E-state index is 0.166. The largest absolute Gasteiger partial charge is 0.493 e. The molecule has 1 atom stereocenters. The lowest BCUT2D eigenvalue weighted by Gasteiger charge is -2.40. The first-order valence-electron chi connectivity index (χ1n) is 12.1. The fourth-order valence-electron chi connectivity index (χ4n) is 4.21. The Morgan fingerprint density at radius 3 is 2.29 bits per heavy atom. The molecule has 0 spiro atoms. The summed E-state index contributed by atoms with van der Waals surface area (Å²) in [5.74, 6) is 1.62. The molecule has 1 saturated heterocycles. The zero-order valence-electron chi connectivity index (χ0n) is 21.2. The van der Waals surface area contributed by atoms with E-state index in [2.05, 4.69) is 88.6 Å². The molecule has 0 aliphatic carbocycles. The smallest absolute Gasteiger partial charge is 0.119 e. The highest BCUT2D eigenvalue weighted by Crippen LogP contribution is 2.27. The molecule has 0 saturated carbocycles. The van der Waals surface area contributed by atoms with Gasteiger partial charge in [-0.15, -0.1) is 0 Å². The highest BCUT2D eigenvalue weighted by molar-refractivity contribution is 5.50. The summed E-state index contributed by atoms with van der Waals surface area (Å²) in [6.45, 7) is 20.5. The monoisotopic (exact) mass is 429 g/mol. The molecule has 1 aromatic rings. The SMILES string of the molecule is CC(C)=CCN(c1ccc(OCC(C)(C)C)cc1)C1CCN(C[C@@H](N)CC(C)C)CC1. The van der Waals surface area contributed by atoms with E-state index in [0.29, 0.717) is 18.0 Å².